The van der Waals surface area contributed by atoms with Crippen LogP contribution in [0.3, 0.4) is 0 Å². The molecule has 0 saturated heterocycles. The highest BCUT2D eigenvalue weighted by Gasteiger charge is 2.17. The Kier molecular flexibility index (Phi) is 4.67. The molecule has 0 aromatic heterocycles. The molecule has 1 aromatic rings. The number of nitriles is 1. The number of rotatable bonds is 4. The number of halogens is 1. The summed E-state index contributed by atoms with van der Waals surface area (Å²) in [5.74, 6) is -1.17. The Balaban J connectivity index is 2.82. The molecule has 1 atom stereocenters. The van der Waals surface area contributed by atoms with Crippen molar-refractivity contribution in [2.75, 3.05) is 25.6 Å². The highest BCUT2D eigenvalue weighted by Crippen LogP contribution is 2.20. The van der Waals surface area contributed by atoms with Gasteiger partial charge in [0.15, 0.2) is 0 Å². The lowest BCUT2D eigenvalue weighted by molar-refractivity contribution is -0.144. The maximum absolute atomic E-state index is 13.7. The van der Waals surface area contributed by atoms with E-state index >= 15 is 0 Å². The second kappa shape index (κ2) is 6.01. The first-order valence-corrected chi connectivity index (χ1v) is 5.48. The molecule has 0 saturated carbocycles. The van der Waals surface area contributed by atoms with Crippen molar-refractivity contribution in [3.8, 4) is 6.07 Å². The highest BCUT2D eigenvalue weighted by molar-refractivity contribution is 5.72. The number of ether oxygens (including phenoxy) is 1. The fourth-order valence-electron chi connectivity index (χ4n) is 1.67. The van der Waals surface area contributed by atoms with E-state index in [1.54, 1.807) is 18.9 Å². The van der Waals surface area contributed by atoms with E-state index in [9.17, 15) is 9.18 Å². The first-order chi connectivity index (χ1) is 8.49. The molecule has 1 unspecified atom stereocenters. The number of nitrogens with zero attached hydrogens (tertiary/aromatic N) is 2. The zero-order valence-corrected chi connectivity index (χ0v) is 10.6. The summed E-state index contributed by atoms with van der Waals surface area (Å²) >= 11 is 0. The zero-order valence-electron chi connectivity index (χ0n) is 10.6. The lowest BCUT2D eigenvalue weighted by Gasteiger charge is -2.22. The topological polar surface area (TPSA) is 53.3 Å². The molecule has 0 N–H and O–H groups in total. The van der Waals surface area contributed by atoms with Crippen LogP contribution in [0.4, 0.5) is 10.1 Å². The minimum atomic E-state index is -0.478. The van der Waals surface area contributed by atoms with Gasteiger partial charge in [-0.25, -0.2) is 4.39 Å². The summed E-state index contributed by atoms with van der Waals surface area (Å²) in [5.41, 5.74) is 0.621. The zero-order chi connectivity index (χ0) is 13.7. The first-order valence-electron chi connectivity index (χ1n) is 5.48. The smallest absolute Gasteiger partial charge is 0.310 e. The number of benzene rings is 1. The van der Waals surface area contributed by atoms with Crippen LogP contribution in [0.1, 0.15) is 12.5 Å². The molecule has 0 spiro atoms. The molecule has 5 heteroatoms. The van der Waals surface area contributed by atoms with Gasteiger partial charge in [-0.15, -0.1) is 0 Å². The molecular weight excluding hydrogens is 235 g/mol. The molecule has 0 heterocycles. The van der Waals surface area contributed by atoms with Crippen molar-refractivity contribution in [2.24, 2.45) is 5.92 Å². The average molecular weight is 250 g/mol. The molecule has 18 heavy (non-hydrogen) atoms. The van der Waals surface area contributed by atoms with E-state index in [1.165, 1.54) is 25.3 Å². The van der Waals surface area contributed by atoms with Gasteiger partial charge in [-0.2, -0.15) is 5.26 Å². The number of anilines is 1. The Hall–Kier alpha value is -2.09. The second-order valence-electron chi connectivity index (χ2n) is 4.08. The largest absolute Gasteiger partial charge is 0.469 e. The standard InChI is InChI=1S/C13H15FN2O2/c1-9(13(17)18-3)8-16(2)12-5-4-10(7-15)6-11(12)14/h4-6,9H,8H2,1-3H3. The van der Waals surface area contributed by atoms with E-state index in [0.29, 0.717) is 12.2 Å². The van der Waals surface area contributed by atoms with Crippen molar-refractivity contribution >= 4 is 11.7 Å². The molecule has 4 nitrogen and oxygen atoms in total. The third-order valence-electron chi connectivity index (χ3n) is 2.64. The molecule has 0 fully saturated rings. The van der Waals surface area contributed by atoms with Gasteiger partial charge in [0.2, 0.25) is 0 Å². The third kappa shape index (κ3) is 3.20. The van der Waals surface area contributed by atoms with E-state index in [2.05, 4.69) is 4.74 Å². The third-order valence-corrected chi connectivity index (χ3v) is 2.64. The Labute approximate surface area is 106 Å². The van der Waals surface area contributed by atoms with Crippen LogP contribution in [0.5, 0.6) is 0 Å². The molecule has 0 aliphatic rings. The van der Waals surface area contributed by atoms with Crippen molar-refractivity contribution in [1.82, 2.24) is 0 Å². The predicted molar refractivity (Wildman–Crippen MR) is 65.6 cm³/mol. The minimum Gasteiger partial charge on any atom is -0.469 e. The van der Waals surface area contributed by atoms with Crippen LogP contribution in [-0.2, 0) is 9.53 Å². The molecule has 0 radical (unpaired) electrons. The van der Waals surface area contributed by atoms with Gasteiger partial charge in [-0.1, -0.05) is 6.92 Å². The molecule has 1 rings (SSSR count). The molecule has 0 aliphatic heterocycles. The van der Waals surface area contributed by atoms with Crippen LogP contribution in [0, 0.1) is 23.1 Å². The van der Waals surface area contributed by atoms with E-state index in [-0.39, 0.29) is 17.5 Å². The number of esters is 1. The van der Waals surface area contributed by atoms with E-state index in [4.69, 9.17) is 5.26 Å². The van der Waals surface area contributed by atoms with E-state index in [0.717, 1.165) is 0 Å². The Morgan fingerprint density at radius 2 is 2.28 bits per heavy atom. The summed E-state index contributed by atoms with van der Waals surface area (Å²) in [5, 5.41) is 8.65. The summed E-state index contributed by atoms with van der Waals surface area (Å²) in [4.78, 5) is 12.9. The maximum atomic E-state index is 13.7. The molecule has 0 amide bonds. The molecule has 0 aliphatic carbocycles. The van der Waals surface area contributed by atoms with Crippen molar-refractivity contribution in [2.45, 2.75) is 6.92 Å². The van der Waals surface area contributed by atoms with Gasteiger partial charge in [0.05, 0.1) is 30.3 Å². The lowest BCUT2D eigenvalue weighted by atomic mass is 10.1. The van der Waals surface area contributed by atoms with Gasteiger partial charge in [0.25, 0.3) is 0 Å². The summed E-state index contributed by atoms with van der Waals surface area (Å²) in [6.07, 6.45) is 0. The molecule has 1 aromatic carbocycles. The predicted octanol–water partition coefficient (Wildman–Crippen LogP) is 1.94. The Bertz CT molecular complexity index is 482. The Morgan fingerprint density at radius 1 is 1.61 bits per heavy atom. The number of hydrogen-bond acceptors (Lipinski definition) is 4. The number of methoxy groups -OCH3 is 1. The van der Waals surface area contributed by atoms with Crippen LogP contribution < -0.4 is 4.90 Å². The van der Waals surface area contributed by atoms with Gasteiger partial charge in [-0.3, -0.25) is 4.79 Å². The molecule has 96 valence electrons. The van der Waals surface area contributed by atoms with Crippen molar-refractivity contribution in [3.63, 3.8) is 0 Å². The van der Waals surface area contributed by atoms with Crippen molar-refractivity contribution < 1.29 is 13.9 Å². The van der Waals surface area contributed by atoms with Crippen LogP contribution in [-0.4, -0.2) is 26.7 Å². The van der Waals surface area contributed by atoms with Gasteiger partial charge in [-0.05, 0) is 18.2 Å². The van der Waals surface area contributed by atoms with Gasteiger partial charge in [0.1, 0.15) is 5.82 Å². The highest BCUT2D eigenvalue weighted by atomic mass is 19.1. The van der Waals surface area contributed by atoms with Crippen LogP contribution in [0.2, 0.25) is 0 Å². The monoisotopic (exact) mass is 250 g/mol. The normalized spacial score (nSPS) is 11.5. The number of hydrogen-bond donors (Lipinski definition) is 0. The van der Waals surface area contributed by atoms with Crippen molar-refractivity contribution in [3.05, 3.63) is 29.6 Å². The van der Waals surface area contributed by atoms with E-state index in [1.807, 2.05) is 6.07 Å². The fraction of sp³-hybridized carbons (Fsp3) is 0.385. The van der Waals surface area contributed by atoms with Crippen molar-refractivity contribution in [1.29, 1.82) is 5.26 Å². The first kappa shape index (κ1) is 14.0. The number of carbonyl (C=O) groups is 1. The maximum Gasteiger partial charge on any atom is 0.310 e. The fourth-order valence-corrected chi connectivity index (χ4v) is 1.67. The summed E-state index contributed by atoms with van der Waals surface area (Å²) < 4.78 is 18.3. The van der Waals surface area contributed by atoms with Crippen LogP contribution >= 0.6 is 0 Å². The summed E-state index contributed by atoms with van der Waals surface area (Å²) in [7, 11) is 3.00. The SMILES string of the molecule is COC(=O)C(C)CN(C)c1ccc(C#N)cc1F. The average Bonchev–Trinajstić information content (AvgIpc) is 2.37. The minimum absolute atomic E-state index is 0.269. The summed E-state index contributed by atoms with van der Waals surface area (Å²) in [6, 6.07) is 6.11. The quantitative estimate of drug-likeness (QED) is 0.766. The second-order valence-corrected chi connectivity index (χ2v) is 4.08. The number of carbonyl (C=O) groups excluding carboxylic acids is 1. The molecular formula is C13H15FN2O2. The van der Waals surface area contributed by atoms with Gasteiger partial charge < -0.3 is 9.64 Å². The van der Waals surface area contributed by atoms with Crippen LogP contribution in [0.15, 0.2) is 18.2 Å². The summed E-state index contributed by atoms with van der Waals surface area (Å²) in [6.45, 7) is 2.05. The van der Waals surface area contributed by atoms with E-state index < -0.39 is 5.82 Å². The van der Waals surface area contributed by atoms with Crippen LogP contribution in [0.25, 0.3) is 0 Å². The van der Waals surface area contributed by atoms with Gasteiger partial charge >= 0.3 is 5.97 Å². The molecule has 0 bridgehead atoms. The Morgan fingerprint density at radius 3 is 2.78 bits per heavy atom. The van der Waals surface area contributed by atoms with Gasteiger partial charge in [0, 0.05) is 13.6 Å². The lowest BCUT2D eigenvalue weighted by Crippen LogP contribution is -2.29.